The summed E-state index contributed by atoms with van der Waals surface area (Å²) in [6.07, 6.45) is 1.58. The quantitative estimate of drug-likeness (QED) is 0.878. The molecule has 1 aromatic carbocycles. The van der Waals surface area contributed by atoms with E-state index in [4.69, 9.17) is 0 Å². The Labute approximate surface area is 117 Å². The van der Waals surface area contributed by atoms with Gasteiger partial charge in [0.25, 0.3) is 5.91 Å². The second kappa shape index (κ2) is 5.73. The van der Waals surface area contributed by atoms with Crippen molar-refractivity contribution in [1.82, 2.24) is 20.2 Å². The first kappa shape index (κ1) is 14.0. The summed E-state index contributed by atoms with van der Waals surface area (Å²) in [5, 5.41) is 2.76. The van der Waals surface area contributed by atoms with E-state index in [0.29, 0.717) is 5.56 Å². The van der Waals surface area contributed by atoms with Crippen LogP contribution in [0.1, 0.15) is 24.2 Å². The number of aromatic nitrogens is 2. The molecule has 0 radical (unpaired) electrons. The molecule has 2 rings (SSSR count). The molecule has 0 fully saturated rings. The minimum atomic E-state index is -0.194. The third-order valence-electron chi connectivity index (χ3n) is 2.84. The lowest BCUT2D eigenvalue weighted by molar-refractivity contribution is -0.122. The number of carbonyl (C=O) groups is 2. The SMILES string of the molecule is CC(C)NC(=O)CN(C)C(=O)c1ccc2nc[nH]c2c1. The van der Waals surface area contributed by atoms with Crippen molar-refractivity contribution in [3.05, 3.63) is 30.1 Å². The van der Waals surface area contributed by atoms with Crippen molar-refractivity contribution in [2.75, 3.05) is 13.6 Å². The molecule has 2 N–H and O–H groups in total. The van der Waals surface area contributed by atoms with Gasteiger partial charge in [0.1, 0.15) is 0 Å². The van der Waals surface area contributed by atoms with Crippen LogP contribution in [-0.2, 0) is 4.79 Å². The minimum Gasteiger partial charge on any atom is -0.352 e. The van der Waals surface area contributed by atoms with Crippen molar-refractivity contribution in [2.24, 2.45) is 0 Å². The fourth-order valence-corrected chi connectivity index (χ4v) is 1.94. The number of rotatable bonds is 4. The zero-order valence-electron chi connectivity index (χ0n) is 11.8. The average molecular weight is 274 g/mol. The number of likely N-dealkylation sites (N-methyl/N-ethyl adjacent to an activating group) is 1. The molecule has 0 atom stereocenters. The van der Waals surface area contributed by atoms with Crippen LogP contribution in [0.25, 0.3) is 11.0 Å². The van der Waals surface area contributed by atoms with E-state index < -0.39 is 0 Å². The van der Waals surface area contributed by atoms with Crippen molar-refractivity contribution in [2.45, 2.75) is 19.9 Å². The number of nitrogens with zero attached hydrogens (tertiary/aromatic N) is 2. The first-order chi connectivity index (χ1) is 9.47. The standard InChI is InChI=1S/C14H18N4O2/c1-9(2)17-13(19)7-18(3)14(20)10-4-5-11-12(6-10)16-8-15-11/h4-6,8-9H,7H2,1-3H3,(H,15,16)(H,17,19). The summed E-state index contributed by atoms with van der Waals surface area (Å²) >= 11 is 0. The van der Waals surface area contributed by atoms with E-state index in [1.165, 1.54) is 4.90 Å². The van der Waals surface area contributed by atoms with Crippen molar-refractivity contribution >= 4 is 22.8 Å². The molecule has 0 unspecified atom stereocenters. The highest BCUT2D eigenvalue weighted by atomic mass is 16.2. The molecule has 0 spiro atoms. The summed E-state index contributed by atoms with van der Waals surface area (Å²) in [5.41, 5.74) is 2.14. The number of carbonyl (C=O) groups excluding carboxylic acids is 2. The number of imidazole rings is 1. The number of benzene rings is 1. The first-order valence-corrected chi connectivity index (χ1v) is 6.45. The van der Waals surface area contributed by atoms with Crippen LogP contribution in [0.15, 0.2) is 24.5 Å². The fraction of sp³-hybridized carbons (Fsp3) is 0.357. The second-order valence-electron chi connectivity index (χ2n) is 5.02. The number of aromatic amines is 1. The number of H-pyrrole nitrogens is 1. The van der Waals surface area contributed by atoms with Crippen molar-refractivity contribution < 1.29 is 9.59 Å². The molecule has 20 heavy (non-hydrogen) atoms. The van der Waals surface area contributed by atoms with Crippen LogP contribution in [-0.4, -0.2) is 46.3 Å². The van der Waals surface area contributed by atoms with Gasteiger partial charge in [-0.2, -0.15) is 0 Å². The van der Waals surface area contributed by atoms with Gasteiger partial charge in [-0.1, -0.05) is 0 Å². The molecule has 0 saturated heterocycles. The Kier molecular flexibility index (Phi) is 4.02. The molecule has 1 heterocycles. The third-order valence-corrected chi connectivity index (χ3v) is 2.84. The first-order valence-electron chi connectivity index (χ1n) is 6.45. The predicted octanol–water partition coefficient (Wildman–Crippen LogP) is 1.16. The van der Waals surface area contributed by atoms with E-state index in [9.17, 15) is 9.59 Å². The zero-order valence-corrected chi connectivity index (χ0v) is 11.8. The summed E-state index contributed by atoms with van der Waals surface area (Å²) in [7, 11) is 1.61. The molecule has 2 amide bonds. The van der Waals surface area contributed by atoms with Gasteiger partial charge >= 0.3 is 0 Å². The normalized spacial score (nSPS) is 10.8. The maximum absolute atomic E-state index is 12.2. The van der Waals surface area contributed by atoms with Crippen molar-refractivity contribution in [3.63, 3.8) is 0 Å². The van der Waals surface area contributed by atoms with Crippen LogP contribution in [0.2, 0.25) is 0 Å². The molecule has 106 valence electrons. The van der Waals surface area contributed by atoms with Gasteiger partial charge in [0.15, 0.2) is 0 Å². The Bertz CT molecular complexity index is 633. The van der Waals surface area contributed by atoms with E-state index >= 15 is 0 Å². The molecular formula is C14H18N4O2. The smallest absolute Gasteiger partial charge is 0.254 e. The Hall–Kier alpha value is -2.37. The van der Waals surface area contributed by atoms with Gasteiger partial charge in [-0.05, 0) is 32.0 Å². The Morgan fingerprint density at radius 2 is 2.15 bits per heavy atom. The van der Waals surface area contributed by atoms with Gasteiger partial charge in [-0.25, -0.2) is 4.98 Å². The Morgan fingerprint density at radius 3 is 2.85 bits per heavy atom. The predicted molar refractivity (Wildman–Crippen MR) is 76.3 cm³/mol. The van der Waals surface area contributed by atoms with E-state index in [1.807, 2.05) is 13.8 Å². The van der Waals surface area contributed by atoms with Crippen LogP contribution in [0.4, 0.5) is 0 Å². The molecular weight excluding hydrogens is 256 g/mol. The third kappa shape index (κ3) is 3.14. The molecule has 0 aliphatic heterocycles. The van der Waals surface area contributed by atoms with Crippen LogP contribution in [0.5, 0.6) is 0 Å². The highest BCUT2D eigenvalue weighted by molar-refractivity contribution is 5.98. The lowest BCUT2D eigenvalue weighted by Gasteiger charge is -2.18. The summed E-state index contributed by atoms with van der Waals surface area (Å²) in [4.78, 5) is 32.4. The molecule has 6 heteroatoms. The van der Waals surface area contributed by atoms with Gasteiger partial charge in [-0.15, -0.1) is 0 Å². The molecule has 0 bridgehead atoms. The largest absolute Gasteiger partial charge is 0.352 e. The summed E-state index contributed by atoms with van der Waals surface area (Å²) in [6, 6.07) is 5.29. The van der Waals surface area contributed by atoms with Gasteiger partial charge < -0.3 is 15.2 Å². The Balaban J connectivity index is 2.07. The topological polar surface area (TPSA) is 78.1 Å². The summed E-state index contributed by atoms with van der Waals surface area (Å²) in [5.74, 6) is -0.362. The maximum atomic E-state index is 12.2. The molecule has 0 aliphatic rings. The highest BCUT2D eigenvalue weighted by Gasteiger charge is 2.15. The second-order valence-corrected chi connectivity index (χ2v) is 5.02. The highest BCUT2D eigenvalue weighted by Crippen LogP contribution is 2.12. The number of hydrogen-bond donors (Lipinski definition) is 2. The molecule has 1 aromatic heterocycles. The lowest BCUT2D eigenvalue weighted by atomic mass is 10.2. The minimum absolute atomic E-state index is 0.0397. The zero-order chi connectivity index (χ0) is 14.7. The Morgan fingerprint density at radius 1 is 1.40 bits per heavy atom. The summed E-state index contributed by atoms with van der Waals surface area (Å²) < 4.78 is 0. The van der Waals surface area contributed by atoms with E-state index in [1.54, 1.807) is 31.6 Å². The number of nitrogens with one attached hydrogen (secondary N) is 2. The van der Waals surface area contributed by atoms with Gasteiger partial charge in [0.05, 0.1) is 23.9 Å². The molecule has 0 aliphatic carbocycles. The lowest BCUT2D eigenvalue weighted by Crippen LogP contribution is -2.40. The summed E-state index contributed by atoms with van der Waals surface area (Å²) in [6.45, 7) is 3.80. The van der Waals surface area contributed by atoms with Crippen LogP contribution in [0, 0.1) is 0 Å². The number of hydrogen-bond acceptors (Lipinski definition) is 3. The van der Waals surface area contributed by atoms with Gasteiger partial charge in [-0.3, -0.25) is 9.59 Å². The van der Waals surface area contributed by atoms with Crippen molar-refractivity contribution in [1.29, 1.82) is 0 Å². The van der Waals surface area contributed by atoms with Crippen LogP contribution >= 0.6 is 0 Å². The molecule has 0 saturated carbocycles. The monoisotopic (exact) mass is 274 g/mol. The van der Waals surface area contributed by atoms with Crippen LogP contribution < -0.4 is 5.32 Å². The van der Waals surface area contributed by atoms with Crippen molar-refractivity contribution in [3.8, 4) is 0 Å². The van der Waals surface area contributed by atoms with Gasteiger partial charge in [0.2, 0.25) is 5.91 Å². The number of fused-ring (bicyclic) bond motifs is 1. The van der Waals surface area contributed by atoms with E-state index in [-0.39, 0.29) is 24.4 Å². The maximum Gasteiger partial charge on any atom is 0.254 e. The number of amides is 2. The van der Waals surface area contributed by atoms with E-state index in [2.05, 4.69) is 15.3 Å². The molecule has 6 nitrogen and oxygen atoms in total. The fourth-order valence-electron chi connectivity index (χ4n) is 1.94. The van der Waals surface area contributed by atoms with E-state index in [0.717, 1.165) is 11.0 Å². The van der Waals surface area contributed by atoms with Crippen LogP contribution in [0.3, 0.4) is 0 Å². The average Bonchev–Trinajstić information content (AvgIpc) is 2.83. The molecule has 2 aromatic rings. The van der Waals surface area contributed by atoms with Gasteiger partial charge in [0, 0.05) is 18.7 Å².